The van der Waals surface area contributed by atoms with Crippen LogP contribution in [0.4, 0.5) is 17.1 Å². The zero-order valence-corrected chi connectivity index (χ0v) is 39.7. The minimum absolute atomic E-state index is 0.464. The van der Waals surface area contributed by atoms with Crippen LogP contribution in [0.1, 0.15) is 22.3 Å². The molecule has 1 nitrogen and oxygen atoms in total. The molecule has 12 aromatic rings. The Hall–Kier alpha value is -9.30. The van der Waals surface area contributed by atoms with E-state index in [1.54, 1.807) is 0 Å². The van der Waals surface area contributed by atoms with Gasteiger partial charge in [-0.2, -0.15) is 0 Å². The van der Waals surface area contributed by atoms with E-state index in [1.165, 1.54) is 88.7 Å². The predicted molar refractivity (Wildman–Crippen MR) is 303 cm³/mol. The summed E-state index contributed by atoms with van der Waals surface area (Å²) in [4.78, 5) is 2.41. The molecule has 12 aromatic carbocycles. The largest absolute Gasteiger partial charge is 0.310 e. The predicted octanol–water partition coefficient (Wildman–Crippen LogP) is 19.0. The first-order chi connectivity index (χ1) is 35.7. The quantitative estimate of drug-likeness (QED) is 0.132. The fourth-order valence-electron chi connectivity index (χ4n) is 11.3. The van der Waals surface area contributed by atoms with Gasteiger partial charge in [0.25, 0.3) is 0 Å². The summed E-state index contributed by atoms with van der Waals surface area (Å²) >= 11 is 0. The molecule has 1 aliphatic carbocycles. The smallest absolute Gasteiger partial charge is 0.0713 e. The topological polar surface area (TPSA) is 3.24 Å². The monoisotopic (exact) mass is 915 g/mol. The second kappa shape index (κ2) is 18.2. The lowest BCUT2D eigenvalue weighted by atomic mass is 9.67. The normalized spacial score (nSPS) is 12.3. The maximum absolute atomic E-state index is 2.45. The van der Waals surface area contributed by atoms with Crippen molar-refractivity contribution in [2.24, 2.45) is 0 Å². The van der Waals surface area contributed by atoms with Gasteiger partial charge < -0.3 is 4.90 Å². The van der Waals surface area contributed by atoms with Gasteiger partial charge in [-0.25, -0.2) is 0 Å². The molecule has 72 heavy (non-hydrogen) atoms. The average Bonchev–Trinajstić information content (AvgIpc) is 3.77. The molecule has 338 valence electrons. The Morgan fingerprint density at radius 3 is 1.31 bits per heavy atom. The van der Waals surface area contributed by atoms with E-state index >= 15 is 0 Å². The minimum atomic E-state index is -0.464. The maximum atomic E-state index is 2.45. The molecule has 0 radical (unpaired) electrons. The molecule has 0 saturated carbocycles. The van der Waals surface area contributed by atoms with Crippen LogP contribution in [-0.2, 0) is 5.41 Å². The van der Waals surface area contributed by atoms with Crippen molar-refractivity contribution in [1.29, 1.82) is 0 Å². The lowest BCUT2D eigenvalue weighted by molar-refractivity contribution is 0.769. The second-order valence-corrected chi connectivity index (χ2v) is 18.8. The summed E-state index contributed by atoms with van der Waals surface area (Å²) in [6.45, 7) is 0. The van der Waals surface area contributed by atoms with Gasteiger partial charge in [0, 0.05) is 16.9 Å². The van der Waals surface area contributed by atoms with E-state index in [4.69, 9.17) is 0 Å². The number of anilines is 3. The third-order valence-corrected chi connectivity index (χ3v) is 14.8. The third-order valence-electron chi connectivity index (χ3n) is 14.8. The van der Waals surface area contributed by atoms with Crippen molar-refractivity contribution < 1.29 is 0 Å². The first kappa shape index (κ1) is 42.8. The lowest BCUT2D eigenvalue weighted by Crippen LogP contribution is -2.28. The Labute approximate surface area is 422 Å². The Kier molecular flexibility index (Phi) is 10.8. The van der Waals surface area contributed by atoms with Gasteiger partial charge in [0.2, 0.25) is 0 Å². The Morgan fingerprint density at radius 1 is 0.222 bits per heavy atom. The van der Waals surface area contributed by atoms with Gasteiger partial charge in [-0.3, -0.25) is 0 Å². The van der Waals surface area contributed by atoms with Gasteiger partial charge in [-0.1, -0.05) is 249 Å². The van der Waals surface area contributed by atoms with Crippen LogP contribution in [0.3, 0.4) is 0 Å². The molecule has 0 bridgehead atoms. The Bertz CT molecular complexity index is 3840. The highest BCUT2D eigenvalue weighted by Gasteiger charge is 2.46. The van der Waals surface area contributed by atoms with Crippen LogP contribution >= 0.6 is 0 Å². The number of benzene rings is 12. The Morgan fingerprint density at radius 2 is 0.639 bits per heavy atom. The summed E-state index contributed by atoms with van der Waals surface area (Å²) in [6.07, 6.45) is 0. The van der Waals surface area contributed by atoms with Crippen LogP contribution in [0.15, 0.2) is 297 Å². The number of hydrogen-bond donors (Lipinski definition) is 0. The molecule has 0 atom stereocenters. The molecular weight excluding hydrogens is 867 g/mol. The number of para-hydroxylation sites is 1. The molecule has 0 unspecified atom stereocenters. The Balaban J connectivity index is 0.904. The summed E-state index contributed by atoms with van der Waals surface area (Å²) in [5.41, 5.74) is 22.4. The SMILES string of the molecule is c1ccc(-c2ccc(-c3ccccc3N(c3ccc(-c4cccc(-c5ccc6ccccc6c5)c4)cc3)c3ccc(-c4ccc5c(c4)C(c4ccccc4)(c4ccccc4)c4ccccc4-5)cc3)cc2)cc1. The van der Waals surface area contributed by atoms with E-state index < -0.39 is 5.41 Å². The molecule has 13 rings (SSSR count). The van der Waals surface area contributed by atoms with Crippen molar-refractivity contribution >= 4 is 27.8 Å². The van der Waals surface area contributed by atoms with Crippen LogP contribution in [-0.4, -0.2) is 0 Å². The van der Waals surface area contributed by atoms with E-state index in [0.29, 0.717) is 0 Å². The molecule has 1 heteroatoms. The third kappa shape index (κ3) is 7.51. The summed E-state index contributed by atoms with van der Waals surface area (Å²) in [5.74, 6) is 0. The summed E-state index contributed by atoms with van der Waals surface area (Å²) in [6, 6.07) is 109. The first-order valence-electron chi connectivity index (χ1n) is 24.9. The van der Waals surface area contributed by atoms with Crippen molar-refractivity contribution in [2.75, 3.05) is 4.90 Å². The molecule has 0 aliphatic heterocycles. The van der Waals surface area contributed by atoms with E-state index in [2.05, 4.69) is 302 Å². The van der Waals surface area contributed by atoms with Crippen LogP contribution in [0.2, 0.25) is 0 Å². The summed E-state index contributed by atoms with van der Waals surface area (Å²) in [7, 11) is 0. The van der Waals surface area contributed by atoms with Crippen molar-refractivity contribution in [3.8, 4) is 66.8 Å². The molecule has 0 N–H and O–H groups in total. The second-order valence-electron chi connectivity index (χ2n) is 18.8. The van der Waals surface area contributed by atoms with Gasteiger partial charge in [0.15, 0.2) is 0 Å². The molecule has 0 amide bonds. The zero-order valence-electron chi connectivity index (χ0n) is 39.7. The van der Waals surface area contributed by atoms with Crippen LogP contribution in [0.5, 0.6) is 0 Å². The summed E-state index contributed by atoms with van der Waals surface area (Å²) in [5, 5.41) is 2.50. The molecule has 0 heterocycles. The van der Waals surface area contributed by atoms with Gasteiger partial charge in [0.1, 0.15) is 0 Å². The minimum Gasteiger partial charge on any atom is -0.310 e. The number of fused-ring (bicyclic) bond motifs is 4. The number of rotatable bonds is 10. The van der Waals surface area contributed by atoms with Crippen LogP contribution in [0.25, 0.3) is 77.5 Å². The zero-order chi connectivity index (χ0) is 47.8. The molecular formula is C71H49N. The van der Waals surface area contributed by atoms with Crippen LogP contribution < -0.4 is 4.90 Å². The number of hydrogen-bond acceptors (Lipinski definition) is 1. The van der Waals surface area contributed by atoms with Crippen molar-refractivity contribution in [2.45, 2.75) is 5.41 Å². The first-order valence-corrected chi connectivity index (χ1v) is 24.9. The van der Waals surface area contributed by atoms with E-state index in [1.807, 2.05) is 0 Å². The van der Waals surface area contributed by atoms with E-state index in [0.717, 1.165) is 28.2 Å². The van der Waals surface area contributed by atoms with Gasteiger partial charge in [-0.15, -0.1) is 0 Å². The highest BCUT2D eigenvalue weighted by molar-refractivity contribution is 5.92. The average molecular weight is 916 g/mol. The molecule has 0 fully saturated rings. The van der Waals surface area contributed by atoms with Gasteiger partial charge >= 0.3 is 0 Å². The van der Waals surface area contributed by atoms with E-state index in [9.17, 15) is 0 Å². The maximum Gasteiger partial charge on any atom is 0.0713 e. The van der Waals surface area contributed by atoms with Crippen molar-refractivity contribution in [1.82, 2.24) is 0 Å². The fraction of sp³-hybridized carbons (Fsp3) is 0.0141. The highest BCUT2D eigenvalue weighted by atomic mass is 15.1. The van der Waals surface area contributed by atoms with Crippen molar-refractivity contribution in [3.63, 3.8) is 0 Å². The standard InChI is InChI=1S/C71H49N/c1-4-17-50(18-5-1)52-31-34-55(35-32-52)65-27-13-15-30-70(65)72(63-42-37-53(38-43-63)57-21-16-22-58(47-57)59-36-33-51-19-10-11-20-56(51)48-59)64-44-39-54(40-45-64)60-41-46-67-66-28-12-14-29-68(66)71(69(67)49-60,61-23-6-2-7-24-61)62-25-8-3-9-26-62/h1-49H. The molecule has 1 aliphatic rings. The van der Waals surface area contributed by atoms with Crippen molar-refractivity contribution in [3.05, 3.63) is 320 Å². The lowest BCUT2D eigenvalue weighted by Gasteiger charge is -2.34. The van der Waals surface area contributed by atoms with Gasteiger partial charge in [0.05, 0.1) is 11.1 Å². The molecule has 0 saturated heterocycles. The number of nitrogens with zero attached hydrogens (tertiary/aromatic N) is 1. The molecule has 0 spiro atoms. The fourth-order valence-corrected chi connectivity index (χ4v) is 11.3. The van der Waals surface area contributed by atoms with Crippen LogP contribution in [0, 0.1) is 0 Å². The van der Waals surface area contributed by atoms with Gasteiger partial charge in [-0.05, 0) is 143 Å². The van der Waals surface area contributed by atoms with E-state index in [-0.39, 0.29) is 0 Å². The summed E-state index contributed by atoms with van der Waals surface area (Å²) < 4.78 is 0. The highest BCUT2D eigenvalue weighted by Crippen LogP contribution is 2.57. The molecule has 0 aromatic heterocycles.